The van der Waals surface area contributed by atoms with Crippen molar-refractivity contribution in [3.8, 4) is 17.2 Å². The highest BCUT2D eigenvalue weighted by atomic mass is 16.5. The van der Waals surface area contributed by atoms with Crippen molar-refractivity contribution in [3.05, 3.63) is 87.5 Å². The van der Waals surface area contributed by atoms with Crippen LogP contribution in [0.4, 0.5) is 0 Å². The molecule has 0 aromatic heterocycles. The molecule has 0 atom stereocenters. The molecule has 1 aliphatic heterocycles. The highest BCUT2D eigenvalue weighted by molar-refractivity contribution is 6.09. The summed E-state index contributed by atoms with van der Waals surface area (Å²) < 4.78 is 6.24. The molecule has 1 heterocycles. The molecule has 0 fully saturated rings. The Labute approximate surface area is 202 Å². The van der Waals surface area contributed by atoms with Gasteiger partial charge in [-0.15, -0.1) is 0 Å². The predicted molar refractivity (Wildman–Crippen MR) is 140 cm³/mol. The Morgan fingerprint density at radius 1 is 1.00 bits per heavy atom. The zero-order chi connectivity index (χ0) is 25.0. The fourth-order valence-electron chi connectivity index (χ4n) is 3.73. The molecule has 4 heteroatoms. The minimum absolute atomic E-state index is 0.0242. The van der Waals surface area contributed by atoms with E-state index in [1.165, 1.54) is 23.8 Å². The molecule has 0 bridgehead atoms. The third kappa shape index (κ3) is 6.07. The molecule has 0 spiro atoms. The number of fused-ring (bicyclic) bond motifs is 1. The third-order valence-electron chi connectivity index (χ3n) is 5.64. The van der Waals surface area contributed by atoms with Gasteiger partial charge in [-0.25, -0.2) is 0 Å². The Balaban J connectivity index is 1.94. The summed E-state index contributed by atoms with van der Waals surface area (Å²) >= 11 is 0. The molecule has 4 nitrogen and oxygen atoms in total. The van der Waals surface area contributed by atoms with E-state index >= 15 is 0 Å². The van der Waals surface area contributed by atoms with Crippen LogP contribution in [0.3, 0.4) is 0 Å². The largest absolute Gasteiger partial charge is 0.508 e. The van der Waals surface area contributed by atoms with Crippen LogP contribution in [0.1, 0.15) is 74.2 Å². The van der Waals surface area contributed by atoms with Crippen molar-refractivity contribution in [2.24, 2.45) is 0 Å². The Hall–Kier alpha value is -3.53. The zero-order valence-corrected chi connectivity index (χ0v) is 20.9. The molecule has 2 aromatic carbocycles. The van der Waals surface area contributed by atoms with Crippen LogP contribution >= 0.6 is 0 Å². The van der Waals surface area contributed by atoms with Crippen molar-refractivity contribution < 1.29 is 19.7 Å². The molecule has 0 aliphatic carbocycles. The van der Waals surface area contributed by atoms with E-state index in [9.17, 15) is 15.0 Å². The lowest BCUT2D eigenvalue weighted by atomic mass is 9.95. The number of carbonyl (C=O) groups is 1. The van der Waals surface area contributed by atoms with Crippen LogP contribution in [0.15, 0.2) is 59.7 Å². The Morgan fingerprint density at radius 2 is 1.68 bits per heavy atom. The highest BCUT2D eigenvalue weighted by Gasteiger charge is 2.24. The molecule has 34 heavy (non-hydrogen) atoms. The van der Waals surface area contributed by atoms with E-state index in [0.29, 0.717) is 12.0 Å². The molecule has 178 valence electrons. The number of phenolic OH excluding ortho intramolecular Hbond substituents is 2. The minimum Gasteiger partial charge on any atom is -0.508 e. The lowest BCUT2D eigenvalue weighted by molar-refractivity contribution is 0.104. The molecule has 0 saturated carbocycles. The standard InChI is InChI=1S/C30H34O4/c1-19(2)7-10-22-17-21(18-23-15-16-30(5,6)34-29(22)23)9-13-26(31)25-12-14-27(32)24(28(25)33)11-8-20(3)4/h7-9,12-18,32-33H,10-11H2,1-6H3/b13-9+. The molecular formula is C30H34O4. The second kappa shape index (κ2) is 10.2. The van der Waals surface area contributed by atoms with Gasteiger partial charge in [-0.05, 0) is 102 Å². The first-order valence-electron chi connectivity index (χ1n) is 11.5. The topological polar surface area (TPSA) is 66.8 Å². The first-order chi connectivity index (χ1) is 16.0. The molecular weight excluding hydrogens is 424 g/mol. The lowest BCUT2D eigenvalue weighted by Crippen LogP contribution is -2.28. The fraction of sp³-hybridized carbons (Fsp3) is 0.300. The van der Waals surface area contributed by atoms with E-state index in [2.05, 4.69) is 26.0 Å². The average molecular weight is 459 g/mol. The number of rotatable bonds is 7. The van der Waals surface area contributed by atoms with Gasteiger partial charge in [-0.2, -0.15) is 0 Å². The highest BCUT2D eigenvalue weighted by Crippen LogP contribution is 2.36. The normalized spacial score (nSPS) is 13.8. The van der Waals surface area contributed by atoms with Crippen LogP contribution in [0.5, 0.6) is 17.2 Å². The monoisotopic (exact) mass is 458 g/mol. The van der Waals surface area contributed by atoms with E-state index in [-0.39, 0.29) is 28.4 Å². The van der Waals surface area contributed by atoms with Crippen molar-refractivity contribution in [1.82, 2.24) is 0 Å². The molecule has 0 radical (unpaired) electrons. The van der Waals surface area contributed by atoms with Gasteiger partial charge in [-0.3, -0.25) is 4.79 Å². The van der Waals surface area contributed by atoms with Crippen LogP contribution < -0.4 is 4.74 Å². The third-order valence-corrected chi connectivity index (χ3v) is 5.64. The summed E-state index contributed by atoms with van der Waals surface area (Å²) in [4.78, 5) is 12.9. The fourth-order valence-corrected chi connectivity index (χ4v) is 3.73. The van der Waals surface area contributed by atoms with Crippen LogP contribution in [0.25, 0.3) is 12.2 Å². The number of carbonyl (C=O) groups excluding carboxylic acids is 1. The van der Waals surface area contributed by atoms with E-state index < -0.39 is 0 Å². The van der Waals surface area contributed by atoms with Crippen LogP contribution in [0.2, 0.25) is 0 Å². The number of benzene rings is 2. The Kier molecular flexibility index (Phi) is 7.51. The van der Waals surface area contributed by atoms with Gasteiger partial charge >= 0.3 is 0 Å². The van der Waals surface area contributed by atoms with Crippen LogP contribution in [0, 0.1) is 0 Å². The van der Waals surface area contributed by atoms with E-state index in [1.54, 1.807) is 6.08 Å². The maximum absolute atomic E-state index is 12.9. The number of hydrogen-bond donors (Lipinski definition) is 2. The van der Waals surface area contributed by atoms with Crippen LogP contribution in [-0.4, -0.2) is 21.6 Å². The van der Waals surface area contributed by atoms with Gasteiger partial charge < -0.3 is 14.9 Å². The lowest BCUT2D eigenvalue weighted by Gasteiger charge is -2.29. The minimum atomic E-state index is -0.375. The molecule has 0 unspecified atom stereocenters. The summed E-state index contributed by atoms with van der Waals surface area (Å²) in [6.07, 6.45) is 12.4. The molecule has 2 N–H and O–H groups in total. The molecule has 0 saturated heterocycles. The van der Waals surface area contributed by atoms with Gasteiger partial charge in [0.05, 0.1) is 5.56 Å². The summed E-state index contributed by atoms with van der Waals surface area (Å²) in [5.41, 5.74) is 5.33. The SMILES string of the molecule is CC(C)=CCc1cc(/C=C/C(=O)c2ccc(O)c(CC=C(C)C)c2O)cc2c1OC(C)(C)C=C2. The predicted octanol–water partition coefficient (Wildman–Crippen LogP) is 7.20. The summed E-state index contributed by atoms with van der Waals surface area (Å²) in [5, 5.41) is 20.8. The smallest absolute Gasteiger partial charge is 0.189 e. The molecule has 0 amide bonds. The van der Waals surface area contributed by atoms with Crippen molar-refractivity contribution in [1.29, 1.82) is 0 Å². The number of ether oxygens (including phenoxy) is 1. The van der Waals surface area contributed by atoms with Crippen molar-refractivity contribution in [2.75, 3.05) is 0 Å². The van der Waals surface area contributed by atoms with Gasteiger partial charge in [0.2, 0.25) is 0 Å². The first-order valence-corrected chi connectivity index (χ1v) is 11.5. The Morgan fingerprint density at radius 3 is 2.35 bits per heavy atom. The van der Waals surface area contributed by atoms with Crippen LogP contribution in [-0.2, 0) is 12.8 Å². The average Bonchev–Trinajstić information content (AvgIpc) is 2.75. The second-order valence-electron chi connectivity index (χ2n) is 9.77. The van der Waals surface area contributed by atoms with Gasteiger partial charge in [0.1, 0.15) is 22.8 Å². The number of aromatic hydroxyl groups is 2. The summed E-state index contributed by atoms with van der Waals surface area (Å²) in [7, 11) is 0. The maximum Gasteiger partial charge on any atom is 0.189 e. The summed E-state index contributed by atoms with van der Waals surface area (Å²) in [5.74, 6) is 0.338. The first kappa shape index (κ1) is 25.1. The molecule has 1 aliphatic rings. The van der Waals surface area contributed by atoms with Crippen molar-refractivity contribution in [2.45, 2.75) is 60.0 Å². The number of allylic oxidation sites excluding steroid dienone is 5. The number of hydrogen-bond acceptors (Lipinski definition) is 4. The Bertz CT molecular complexity index is 1210. The van der Waals surface area contributed by atoms with Gasteiger partial charge in [-0.1, -0.05) is 35.5 Å². The van der Waals surface area contributed by atoms with E-state index in [0.717, 1.165) is 34.4 Å². The van der Waals surface area contributed by atoms with Crippen molar-refractivity contribution >= 4 is 17.9 Å². The van der Waals surface area contributed by atoms with Gasteiger partial charge in [0, 0.05) is 11.1 Å². The number of ketones is 1. The summed E-state index contributed by atoms with van der Waals surface area (Å²) in [6.45, 7) is 12.1. The second-order valence-corrected chi connectivity index (χ2v) is 9.77. The van der Waals surface area contributed by atoms with E-state index in [1.807, 2.05) is 52.0 Å². The quantitative estimate of drug-likeness (QED) is 0.262. The maximum atomic E-state index is 12.9. The molecule has 2 aromatic rings. The zero-order valence-electron chi connectivity index (χ0n) is 20.9. The van der Waals surface area contributed by atoms with Gasteiger partial charge in [0.25, 0.3) is 0 Å². The van der Waals surface area contributed by atoms with Gasteiger partial charge in [0.15, 0.2) is 5.78 Å². The molecule has 3 rings (SSSR count). The van der Waals surface area contributed by atoms with Crippen molar-refractivity contribution in [3.63, 3.8) is 0 Å². The number of phenols is 2. The summed E-state index contributed by atoms with van der Waals surface area (Å²) in [6, 6.07) is 6.94. The van der Waals surface area contributed by atoms with E-state index in [4.69, 9.17) is 4.74 Å².